The Balaban J connectivity index is 2.01. The minimum Gasteiger partial charge on any atom is -0.302 e. The number of hydroxylamine groups is 1. The Labute approximate surface area is 75.6 Å². The molecule has 2 nitrogen and oxygen atoms in total. The van der Waals surface area contributed by atoms with Gasteiger partial charge in [0.2, 0.25) is 0 Å². The molecule has 0 radical (unpaired) electrons. The van der Waals surface area contributed by atoms with E-state index in [0.717, 1.165) is 25.0 Å². The van der Waals surface area contributed by atoms with Crippen LogP contribution in [-0.4, -0.2) is 13.2 Å². The fourth-order valence-electron chi connectivity index (χ4n) is 1.81. The molecule has 0 aromatic heterocycles. The molecule has 12 heavy (non-hydrogen) atoms. The van der Waals surface area contributed by atoms with E-state index in [9.17, 15) is 0 Å². The van der Waals surface area contributed by atoms with E-state index < -0.39 is 0 Å². The summed E-state index contributed by atoms with van der Waals surface area (Å²) in [6.45, 7) is 6.17. The van der Waals surface area contributed by atoms with Gasteiger partial charge < -0.3 is 4.84 Å². The van der Waals surface area contributed by atoms with Crippen molar-refractivity contribution in [3.63, 3.8) is 0 Å². The van der Waals surface area contributed by atoms with E-state index in [1.165, 1.54) is 25.7 Å². The van der Waals surface area contributed by atoms with Crippen LogP contribution in [0.4, 0.5) is 0 Å². The fourth-order valence-corrected chi connectivity index (χ4v) is 1.81. The number of hydrogen-bond acceptors (Lipinski definition) is 2. The molecule has 1 N–H and O–H groups in total. The molecule has 0 atom stereocenters. The third-order valence-electron chi connectivity index (χ3n) is 2.75. The van der Waals surface area contributed by atoms with Crippen LogP contribution < -0.4 is 5.48 Å². The Hall–Kier alpha value is -0.0800. The number of hydrogen-bond donors (Lipinski definition) is 1. The second-order valence-electron chi connectivity index (χ2n) is 3.91. The molecule has 0 amide bonds. The molecule has 2 heteroatoms. The van der Waals surface area contributed by atoms with E-state index in [1.807, 2.05) is 6.92 Å². The summed E-state index contributed by atoms with van der Waals surface area (Å²) in [6, 6.07) is 0. The number of nitrogens with one attached hydrogen (secondary N) is 1. The first-order valence-electron chi connectivity index (χ1n) is 5.17. The molecule has 72 valence electrons. The van der Waals surface area contributed by atoms with Crippen LogP contribution in [0.2, 0.25) is 0 Å². The Kier molecular flexibility index (Phi) is 4.62. The fraction of sp³-hybridized carbons (Fsp3) is 1.00. The average molecular weight is 171 g/mol. The highest BCUT2D eigenvalue weighted by molar-refractivity contribution is 4.70. The first-order chi connectivity index (χ1) is 5.83. The highest BCUT2D eigenvalue weighted by Crippen LogP contribution is 2.27. The molecule has 0 aromatic carbocycles. The minimum atomic E-state index is 0.767. The molecule has 0 aromatic rings. The maximum absolute atomic E-state index is 5.11. The smallest absolute Gasteiger partial charge is 0.0653 e. The van der Waals surface area contributed by atoms with Crippen molar-refractivity contribution < 1.29 is 4.84 Å². The summed E-state index contributed by atoms with van der Waals surface area (Å²) in [5, 5.41) is 0. The van der Waals surface area contributed by atoms with Crippen molar-refractivity contribution in [2.24, 2.45) is 11.8 Å². The molecular formula is C10H21NO. The van der Waals surface area contributed by atoms with Gasteiger partial charge in [-0.3, -0.25) is 0 Å². The van der Waals surface area contributed by atoms with E-state index in [4.69, 9.17) is 4.84 Å². The average Bonchev–Trinajstić information content (AvgIpc) is 2.09. The lowest BCUT2D eigenvalue weighted by Gasteiger charge is -2.25. The van der Waals surface area contributed by atoms with Crippen LogP contribution in [0.3, 0.4) is 0 Å². The van der Waals surface area contributed by atoms with Crippen LogP contribution in [0, 0.1) is 11.8 Å². The highest BCUT2D eigenvalue weighted by Gasteiger charge is 2.17. The maximum atomic E-state index is 5.11. The van der Waals surface area contributed by atoms with Crippen molar-refractivity contribution in [2.45, 2.75) is 39.5 Å². The molecular weight excluding hydrogens is 150 g/mol. The highest BCUT2D eigenvalue weighted by atomic mass is 16.6. The van der Waals surface area contributed by atoms with Gasteiger partial charge in [0.25, 0.3) is 0 Å². The van der Waals surface area contributed by atoms with Gasteiger partial charge in [-0.2, -0.15) is 0 Å². The third-order valence-corrected chi connectivity index (χ3v) is 2.75. The van der Waals surface area contributed by atoms with Crippen LogP contribution in [0.5, 0.6) is 0 Å². The maximum Gasteiger partial charge on any atom is 0.0653 e. The third kappa shape index (κ3) is 3.55. The summed E-state index contributed by atoms with van der Waals surface area (Å²) in [6.07, 6.45) is 5.55. The van der Waals surface area contributed by atoms with Gasteiger partial charge in [0, 0.05) is 6.54 Å². The standard InChI is InChI=1S/C10H21NO/c1-3-12-11-8-10-6-4-9(2)5-7-10/h9-11H,3-8H2,1-2H3. The van der Waals surface area contributed by atoms with Gasteiger partial charge in [0.15, 0.2) is 0 Å². The molecule has 1 rings (SSSR count). The quantitative estimate of drug-likeness (QED) is 0.518. The Morgan fingerprint density at radius 2 is 1.92 bits per heavy atom. The van der Waals surface area contributed by atoms with Crippen molar-refractivity contribution in [3.05, 3.63) is 0 Å². The van der Waals surface area contributed by atoms with Gasteiger partial charge in [0.1, 0.15) is 0 Å². The molecule has 0 spiro atoms. The van der Waals surface area contributed by atoms with Crippen molar-refractivity contribution in [1.82, 2.24) is 5.48 Å². The van der Waals surface area contributed by atoms with Gasteiger partial charge >= 0.3 is 0 Å². The second kappa shape index (κ2) is 5.55. The Morgan fingerprint density at radius 1 is 1.25 bits per heavy atom. The zero-order chi connectivity index (χ0) is 8.81. The summed E-state index contributed by atoms with van der Waals surface area (Å²) in [5.41, 5.74) is 3.02. The van der Waals surface area contributed by atoms with Gasteiger partial charge in [-0.1, -0.05) is 19.8 Å². The summed E-state index contributed by atoms with van der Waals surface area (Å²) in [7, 11) is 0. The van der Waals surface area contributed by atoms with Crippen molar-refractivity contribution >= 4 is 0 Å². The van der Waals surface area contributed by atoms with Crippen molar-refractivity contribution in [3.8, 4) is 0 Å². The lowest BCUT2D eigenvalue weighted by Crippen LogP contribution is -2.26. The first-order valence-corrected chi connectivity index (χ1v) is 5.17. The van der Waals surface area contributed by atoms with Crippen LogP contribution in [-0.2, 0) is 4.84 Å². The van der Waals surface area contributed by atoms with Crippen molar-refractivity contribution in [1.29, 1.82) is 0 Å². The van der Waals surface area contributed by atoms with Gasteiger partial charge in [0.05, 0.1) is 6.61 Å². The molecule has 1 aliphatic carbocycles. The Bertz CT molecular complexity index is 108. The molecule has 0 bridgehead atoms. The molecule has 1 aliphatic rings. The summed E-state index contributed by atoms with van der Waals surface area (Å²) in [5.74, 6) is 1.81. The molecule has 1 saturated carbocycles. The lowest BCUT2D eigenvalue weighted by molar-refractivity contribution is 0.0362. The summed E-state index contributed by atoms with van der Waals surface area (Å²) in [4.78, 5) is 5.11. The normalized spacial score (nSPS) is 30.5. The van der Waals surface area contributed by atoms with E-state index in [2.05, 4.69) is 12.4 Å². The van der Waals surface area contributed by atoms with Crippen LogP contribution in [0.25, 0.3) is 0 Å². The molecule has 0 heterocycles. The molecule has 0 aliphatic heterocycles. The SMILES string of the molecule is CCONCC1CCC(C)CC1. The largest absolute Gasteiger partial charge is 0.302 e. The van der Waals surface area contributed by atoms with Crippen LogP contribution in [0.15, 0.2) is 0 Å². The van der Waals surface area contributed by atoms with Crippen molar-refractivity contribution in [2.75, 3.05) is 13.2 Å². The van der Waals surface area contributed by atoms with Gasteiger partial charge in [-0.25, -0.2) is 5.48 Å². The van der Waals surface area contributed by atoms with Crippen LogP contribution >= 0.6 is 0 Å². The predicted octanol–water partition coefficient (Wildman–Crippen LogP) is 2.35. The van der Waals surface area contributed by atoms with Crippen LogP contribution in [0.1, 0.15) is 39.5 Å². The molecule has 0 unspecified atom stereocenters. The second-order valence-corrected chi connectivity index (χ2v) is 3.91. The topological polar surface area (TPSA) is 21.3 Å². The molecule has 1 fully saturated rings. The first kappa shape index (κ1) is 10.0. The zero-order valence-corrected chi connectivity index (χ0v) is 8.31. The van der Waals surface area contributed by atoms with E-state index >= 15 is 0 Å². The Morgan fingerprint density at radius 3 is 2.50 bits per heavy atom. The zero-order valence-electron chi connectivity index (χ0n) is 8.31. The lowest BCUT2D eigenvalue weighted by atomic mass is 9.83. The predicted molar refractivity (Wildman–Crippen MR) is 50.8 cm³/mol. The van der Waals surface area contributed by atoms with Gasteiger partial charge in [-0.05, 0) is 31.6 Å². The van der Waals surface area contributed by atoms with E-state index in [0.29, 0.717) is 0 Å². The summed E-state index contributed by atoms with van der Waals surface area (Å²) >= 11 is 0. The minimum absolute atomic E-state index is 0.767. The van der Waals surface area contributed by atoms with Gasteiger partial charge in [-0.15, -0.1) is 0 Å². The number of rotatable bonds is 4. The van der Waals surface area contributed by atoms with E-state index in [1.54, 1.807) is 0 Å². The monoisotopic (exact) mass is 171 g/mol. The van der Waals surface area contributed by atoms with E-state index in [-0.39, 0.29) is 0 Å². The molecule has 0 saturated heterocycles. The summed E-state index contributed by atoms with van der Waals surface area (Å²) < 4.78 is 0.